The van der Waals surface area contributed by atoms with Crippen LogP contribution in [-0.4, -0.2) is 11.0 Å². The highest BCUT2D eigenvalue weighted by molar-refractivity contribution is 6.06. The van der Waals surface area contributed by atoms with Gasteiger partial charge in [-0.3, -0.25) is 4.79 Å². The molecular weight excluding hydrogens is 259 g/mol. The molecule has 0 heterocycles. The van der Waals surface area contributed by atoms with Gasteiger partial charge in [-0.2, -0.15) is 0 Å². The van der Waals surface area contributed by atoms with Crippen LogP contribution in [-0.2, 0) is 0 Å². The second kappa shape index (κ2) is 5.71. The second-order valence-corrected chi connectivity index (χ2v) is 4.53. The Balaban J connectivity index is 2.17. The van der Waals surface area contributed by atoms with Crippen molar-refractivity contribution in [3.05, 3.63) is 59.4 Å². The summed E-state index contributed by atoms with van der Waals surface area (Å²) in [5.41, 5.74) is 7.11. The number of carbonyl (C=O) groups excluding carboxylic acids is 1. The molecule has 0 aromatic heterocycles. The number of anilines is 1. The van der Waals surface area contributed by atoms with Crippen LogP contribution in [0, 0.1) is 5.82 Å². The van der Waals surface area contributed by atoms with Gasteiger partial charge in [0.25, 0.3) is 5.91 Å². The highest BCUT2D eigenvalue weighted by atomic mass is 19.1. The molecule has 0 saturated heterocycles. The molecule has 4 N–H and O–H groups in total. The third kappa shape index (κ3) is 3.13. The van der Waals surface area contributed by atoms with Crippen molar-refractivity contribution in [2.45, 2.75) is 13.0 Å². The Morgan fingerprint density at radius 1 is 1.25 bits per heavy atom. The molecule has 0 saturated carbocycles. The van der Waals surface area contributed by atoms with Crippen LogP contribution >= 0.6 is 0 Å². The van der Waals surface area contributed by atoms with E-state index in [1.165, 1.54) is 0 Å². The van der Waals surface area contributed by atoms with Crippen LogP contribution in [0.4, 0.5) is 10.1 Å². The van der Waals surface area contributed by atoms with Gasteiger partial charge in [0.15, 0.2) is 0 Å². The van der Waals surface area contributed by atoms with Crippen LogP contribution < -0.4 is 11.1 Å². The largest absolute Gasteiger partial charge is 0.507 e. The fourth-order valence-corrected chi connectivity index (χ4v) is 1.76. The summed E-state index contributed by atoms with van der Waals surface area (Å²) in [7, 11) is 0. The Morgan fingerprint density at radius 3 is 2.50 bits per heavy atom. The molecule has 0 spiro atoms. The van der Waals surface area contributed by atoms with E-state index < -0.39 is 11.7 Å². The Morgan fingerprint density at radius 2 is 1.90 bits per heavy atom. The summed E-state index contributed by atoms with van der Waals surface area (Å²) < 4.78 is 13.1. The summed E-state index contributed by atoms with van der Waals surface area (Å²) in [5, 5.41) is 12.1. The van der Waals surface area contributed by atoms with Crippen LogP contribution in [0.1, 0.15) is 28.9 Å². The number of hydrogen-bond acceptors (Lipinski definition) is 3. The van der Waals surface area contributed by atoms with Gasteiger partial charge in [-0.25, -0.2) is 4.39 Å². The van der Waals surface area contributed by atoms with E-state index >= 15 is 0 Å². The lowest BCUT2D eigenvalue weighted by atomic mass is 10.1. The number of amides is 1. The van der Waals surface area contributed by atoms with Crippen LogP contribution in [0.3, 0.4) is 0 Å². The average molecular weight is 274 g/mol. The first-order chi connectivity index (χ1) is 9.47. The standard InChI is InChI=1S/C15H15FN2O2/c1-9(17)10-2-5-12(6-3-10)18-15(20)13-8-11(16)4-7-14(13)19/h2-9,19H,17H2,1H3,(H,18,20). The number of nitrogens with one attached hydrogen (secondary N) is 1. The normalized spacial score (nSPS) is 11.9. The maximum atomic E-state index is 13.1. The van der Waals surface area contributed by atoms with E-state index in [1.807, 2.05) is 6.92 Å². The number of aromatic hydroxyl groups is 1. The molecule has 1 unspecified atom stereocenters. The highest BCUT2D eigenvalue weighted by Crippen LogP contribution is 2.20. The number of hydrogen-bond donors (Lipinski definition) is 3. The van der Waals surface area contributed by atoms with Gasteiger partial charge in [0.2, 0.25) is 0 Å². The van der Waals surface area contributed by atoms with Crippen LogP contribution in [0.25, 0.3) is 0 Å². The molecule has 5 heteroatoms. The average Bonchev–Trinajstić information content (AvgIpc) is 2.42. The minimum absolute atomic E-state index is 0.0907. The quantitative estimate of drug-likeness (QED) is 0.805. The summed E-state index contributed by atoms with van der Waals surface area (Å²) in [6.45, 7) is 1.86. The maximum Gasteiger partial charge on any atom is 0.259 e. The zero-order valence-corrected chi connectivity index (χ0v) is 10.9. The molecule has 20 heavy (non-hydrogen) atoms. The molecule has 1 atom stereocenters. The number of benzene rings is 2. The zero-order chi connectivity index (χ0) is 14.7. The first-order valence-corrected chi connectivity index (χ1v) is 6.13. The van der Waals surface area contributed by atoms with Gasteiger partial charge in [0, 0.05) is 11.7 Å². The Hall–Kier alpha value is -2.40. The van der Waals surface area contributed by atoms with Crippen molar-refractivity contribution >= 4 is 11.6 Å². The molecule has 4 nitrogen and oxygen atoms in total. The topological polar surface area (TPSA) is 75.3 Å². The van der Waals surface area contributed by atoms with E-state index in [1.54, 1.807) is 24.3 Å². The van der Waals surface area contributed by atoms with Crippen molar-refractivity contribution in [2.75, 3.05) is 5.32 Å². The lowest BCUT2D eigenvalue weighted by molar-refractivity contribution is 0.102. The van der Waals surface area contributed by atoms with Gasteiger partial charge >= 0.3 is 0 Å². The van der Waals surface area contributed by atoms with Crippen LogP contribution in [0.5, 0.6) is 5.75 Å². The number of carbonyl (C=O) groups is 1. The number of nitrogens with two attached hydrogens (primary N) is 1. The molecule has 2 aromatic rings. The molecule has 2 rings (SSSR count). The van der Waals surface area contributed by atoms with Crippen LogP contribution in [0.15, 0.2) is 42.5 Å². The molecule has 0 fully saturated rings. The van der Waals surface area contributed by atoms with Gasteiger partial charge in [0.05, 0.1) is 5.56 Å². The fourth-order valence-electron chi connectivity index (χ4n) is 1.76. The van der Waals surface area contributed by atoms with Gasteiger partial charge < -0.3 is 16.2 Å². The molecular formula is C15H15FN2O2. The highest BCUT2D eigenvalue weighted by Gasteiger charge is 2.12. The number of rotatable bonds is 3. The monoisotopic (exact) mass is 274 g/mol. The van der Waals surface area contributed by atoms with Crippen molar-refractivity contribution in [1.29, 1.82) is 0 Å². The molecule has 0 aliphatic heterocycles. The third-order valence-electron chi connectivity index (χ3n) is 2.90. The van der Waals surface area contributed by atoms with Crippen molar-refractivity contribution in [2.24, 2.45) is 5.73 Å². The Bertz CT molecular complexity index is 624. The van der Waals surface area contributed by atoms with E-state index in [9.17, 15) is 14.3 Å². The lowest BCUT2D eigenvalue weighted by Gasteiger charge is -2.09. The predicted octanol–water partition coefficient (Wildman–Crippen LogP) is 2.80. The molecule has 1 amide bonds. The number of phenols is 1. The summed E-state index contributed by atoms with van der Waals surface area (Å²) >= 11 is 0. The lowest BCUT2D eigenvalue weighted by Crippen LogP contribution is -2.12. The number of phenolic OH excluding ortho intramolecular Hbond substituents is 1. The number of halogens is 1. The Kier molecular flexibility index (Phi) is 4.00. The minimum Gasteiger partial charge on any atom is -0.507 e. The smallest absolute Gasteiger partial charge is 0.259 e. The second-order valence-electron chi connectivity index (χ2n) is 4.53. The SMILES string of the molecule is CC(N)c1ccc(NC(=O)c2cc(F)ccc2O)cc1. The summed E-state index contributed by atoms with van der Waals surface area (Å²) in [4.78, 5) is 11.9. The third-order valence-corrected chi connectivity index (χ3v) is 2.90. The fraction of sp³-hybridized carbons (Fsp3) is 0.133. The zero-order valence-electron chi connectivity index (χ0n) is 10.9. The van der Waals surface area contributed by atoms with E-state index in [4.69, 9.17) is 5.73 Å². The summed E-state index contributed by atoms with van der Waals surface area (Å²) in [5.74, 6) is -1.42. The van der Waals surface area contributed by atoms with E-state index in [0.29, 0.717) is 5.69 Å². The predicted molar refractivity (Wildman–Crippen MR) is 75.1 cm³/mol. The van der Waals surface area contributed by atoms with Crippen LogP contribution in [0.2, 0.25) is 0 Å². The molecule has 0 aliphatic rings. The summed E-state index contributed by atoms with van der Waals surface area (Å²) in [6.07, 6.45) is 0. The van der Waals surface area contributed by atoms with E-state index in [-0.39, 0.29) is 17.4 Å². The van der Waals surface area contributed by atoms with Gasteiger partial charge in [-0.15, -0.1) is 0 Å². The molecule has 2 aromatic carbocycles. The summed E-state index contributed by atoms with van der Waals surface area (Å²) in [6, 6.07) is 10.1. The van der Waals surface area contributed by atoms with E-state index in [0.717, 1.165) is 23.8 Å². The molecule has 0 aliphatic carbocycles. The van der Waals surface area contributed by atoms with E-state index in [2.05, 4.69) is 5.32 Å². The maximum absolute atomic E-state index is 13.1. The first kappa shape index (κ1) is 14.0. The molecule has 104 valence electrons. The van der Waals surface area contributed by atoms with Crippen molar-refractivity contribution in [3.8, 4) is 5.75 Å². The molecule has 0 radical (unpaired) electrons. The van der Waals surface area contributed by atoms with Gasteiger partial charge in [-0.1, -0.05) is 12.1 Å². The van der Waals surface area contributed by atoms with Gasteiger partial charge in [0.1, 0.15) is 11.6 Å². The Labute approximate surface area is 116 Å². The molecule has 0 bridgehead atoms. The first-order valence-electron chi connectivity index (χ1n) is 6.13. The van der Waals surface area contributed by atoms with Crippen molar-refractivity contribution in [1.82, 2.24) is 0 Å². The van der Waals surface area contributed by atoms with Crippen molar-refractivity contribution in [3.63, 3.8) is 0 Å². The van der Waals surface area contributed by atoms with Gasteiger partial charge in [-0.05, 0) is 42.8 Å². The minimum atomic E-state index is -0.583. The van der Waals surface area contributed by atoms with Crippen molar-refractivity contribution < 1.29 is 14.3 Å².